The first-order chi connectivity index (χ1) is 15.5. The fourth-order valence-corrected chi connectivity index (χ4v) is 3.29. The van der Waals surface area contributed by atoms with Gasteiger partial charge in [0.05, 0.1) is 12.8 Å². The summed E-state index contributed by atoms with van der Waals surface area (Å²) in [6.07, 6.45) is 0. The molecule has 0 saturated carbocycles. The zero-order chi connectivity index (χ0) is 22.7. The van der Waals surface area contributed by atoms with Gasteiger partial charge in [0.2, 0.25) is 0 Å². The second-order valence-corrected chi connectivity index (χ2v) is 7.12. The summed E-state index contributed by atoms with van der Waals surface area (Å²) >= 11 is 0. The van der Waals surface area contributed by atoms with Crippen LogP contribution >= 0.6 is 0 Å². The van der Waals surface area contributed by atoms with Crippen molar-refractivity contribution in [1.82, 2.24) is 25.3 Å². The van der Waals surface area contributed by atoms with Gasteiger partial charge in [-0.1, -0.05) is 12.1 Å². The topological polar surface area (TPSA) is 124 Å². The maximum Gasteiger partial charge on any atom is 0.349 e. The lowest BCUT2D eigenvalue weighted by Gasteiger charge is -2.08. The standard InChI is InChI=1S/C22H22N6O4/c1-13-11-14(2)28(27-13)19-8-7-18(25-26-19)23-9-10-24-21(29)16-12-15-5-4-6-17(31-3)20(15)32-22(16)30/h4-8,11-12H,9-10H2,1-3H3,(H,23,25)(H,24,29). The molecule has 0 unspecified atom stereocenters. The maximum atomic E-state index is 12.4. The smallest absolute Gasteiger partial charge is 0.349 e. The summed E-state index contributed by atoms with van der Waals surface area (Å²) in [4.78, 5) is 24.7. The molecule has 4 rings (SSSR count). The van der Waals surface area contributed by atoms with Gasteiger partial charge in [-0.15, -0.1) is 10.2 Å². The summed E-state index contributed by atoms with van der Waals surface area (Å²) in [5.74, 6) is 1.09. The number of ether oxygens (including phenoxy) is 1. The Morgan fingerprint density at radius 2 is 1.97 bits per heavy atom. The Hall–Kier alpha value is -4.21. The number of rotatable bonds is 7. The van der Waals surface area contributed by atoms with Crippen molar-refractivity contribution in [3.8, 4) is 11.6 Å². The van der Waals surface area contributed by atoms with Gasteiger partial charge in [0.25, 0.3) is 5.91 Å². The number of carbonyl (C=O) groups is 1. The van der Waals surface area contributed by atoms with Crippen LogP contribution in [0.3, 0.4) is 0 Å². The molecular formula is C22H22N6O4. The molecule has 0 spiro atoms. The molecule has 164 valence electrons. The molecule has 0 atom stereocenters. The predicted molar refractivity (Wildman–Crippen MR) is 118 cm³/mol. The van der Waals surface area contributed by atoms with Crippen LogP contribution < -0.4 is 21.0 Å². The Morgan fingerprint density at radius 1 is 1.12 bits per heavy atom. The average molecular weight is 434 g/mol. The minimum Gasteiger partial charge on any atom is -0.493 e. The Kier molecular flexibility index (Phi) is 5.84. The molecule has 3 heterocycles. The second kappa shape index (κ2) is 8.88. The summed E-state index contributed by atoms with van der Waals surface area (Å²) < 4.78 is 12.2. The van der Waals surface area contributed by atoms with Crippen LogP contribution in [-0.4, -0.2) is 46.1 Å². The van der Waals surface area contributed by atoms with Gasteiger partial charge in [-0.3, -0.25) is 4.79 Å². The van der Waals surface area contributed by atoms with Crippen LogP contribution in [0.5, 0.6) is 5.75 Å². The molecule has 3 aromatic heterocycles. The van der Waals surface area contributed by atoms with Crippen LogP contribution in [0.4, 0.5) is 5.82 Å². The van der Waals surface area contributed by atoms with E-state index >= 15 is 0 Å². The summed E-state index contributed by atoms with van der Waals surface area (Å²) in [6, 6.07) is 12.2. The maximum absolute atomic E-state index is 12.4. The molecular weight excluding hydrogens is 412 g/mol. The van der Waals surface area contributed by atoms with Gasteiger partial charge in [-0.2, -0.15) is 5.10 Å². The number of amides is 1. The zero-order valence-corrected chi connectivity index (χ0v) is 17.9. The van der Waals surface area contributed by atoms with E-state index in [9.17, 15) is 9.59 Å². The molecule has 0 saturated heterocycles. The molecule has 0 fully saturated rings. The number of methoxy groups -OCH3 is 1. The number of hydrogen-bond acceptors (Lipinski definition) is 8. The van der Waals surface area contributed by atoms with Crippen molar-refractivity contribution in [3.63, 3.8) is 0 Å². The molecule has 0 aliphatic carbocycles. The van der Waals surface area contributed by atoms with E-state index in [0.29, 0.717) is 34.9 Å². The van der Waals surface area contributed by atoms with E-state index in [-0.39, 0.29) is 12.1 Å². The molecule has 2 N–H and O–H groups in total. The van der Waals surface area contributed by atoms with Crippen molar-refractivity contribution in [2.75, 3.05) is 25.5 Å². The molecule has 0 aliphatic heterocycles. The fraction of sp³-hybridized carbons (Fsp3) is 0.227. The molecule has 0 aliphatic rings. The van der Waals surface area contributed by atoms with Crippen molar-refractivity contribution in [2.45, 2.75) is 13.8 Å². The largest absolute Gasteiger partial charge is 0.493 e. The van der Waals surface area contributed by atoms with E-state index in [1.165, 1.54) is 13.2 Å². The highest BCUT2D eigenvalue weighted by Gasteiger charge is 2.15. The molecule has 32 heavy (non-hydrogen) atoms. The third-order valence-electron chi connectivity index (χ3n) is 4.78. The van der Waals surface area contributed by atoms with E-state index in [2.05, 4.69) is 25.9 Å². The Labute approximate surface area is 183 Å². The number of para-hydroxylation sites is 1. The van der Waals surface area contributed by atoms with Crippen molar-refractivity contribution in [3.05, 3.63) is 69.8 Å². The molecule has 10 heteroatoms. The second-order valence-electron chi connectivity index (χ2n) is 7.12. The lowest BCUT2D eigenvalue weighted by Crippen LogP contribution is -2.32. The summed E-state index contributed by atoms with van der Waals surface area (Å²) in [7, 11) is 1.49. The molecule has 1 aromatic carbocycles. The number of nitrogens with zero attached hydrogens (tertiary/aromatic N) is 4. The first kappa shape index (κ1) is 21.0. The first-order valence-electron chi connectivity index (χ1n) is 9.96. The number of aromatic nitrogens is 4. The number of nitrogens with one attached hydrogen (secondary N) is 2. The van der Waals surface area contributed by atoms with E-state index in [0.717, 1.165) is 11.4 Å². The van der Waals surface area contributed by atoms with E-state index in [1.807, 2.05) is 26.0 Å². The number of benzene rings is 1. The van der Waals surface area contributed by atoms with Gasteiger partial charge >= 0.3 is 5.63 Å². The normalized spacial score (nSPS) is 10.8. The Morgan fingerprint density at radius 3 is 2.66 bits per heavy atom. The predicted octanol–water partition coefficient (Wildman–Crippen LogP) is 2.24. The summed E-state index contributed by atoms with van der Waals surface area (Å²) in [5, 5.41) is 19.1. The minimum absolute atomic E-state index is 0.0696. The van der Waals surface area contributed by atoms with Gasteiger partial charge in [-0.05, 0) is 44.2 Å². The van der Waals surface area contributed by atoms with Crippen molar-refractivity contribution in [2.24, 2.45) is 0 Å². The SMILES string of the molecule is COc1cccc2cc(C(=O)NCCNc3ccc(-n4nc(C)cc4C)nn3)c(=O)oc12. The van der Waals surface area contributed by atoms with Crippen LogP contribution in [0.15, 0.2) is 51.7 Å². The molecule has 10 nitrogen and oxygen atoms in total. The van der Waals surface area contributed by atoms with Crippen LogP contribution in [0.2, 0.25) is 0 Å². The van der Waals surface area contributed by atoms with Crippen molar-refractivity contribution >= 4 is 22.7 Å². The third kappa shape index (κ3) is 4.29. The van der Waals surface area contributed by atoms with Crippen molar-refractivity contribution in [1.29, 1.82) is 0 Å². The lowest BCUT2D eigenvalue weighted by atomic mass is 10.1. The number of aryl methyl sites for hydroxylation is 2. The molecule has 4 aromatic rings. The van der Waals surface area contributed by atoms with Gasteiger partial charge in [0.15, 0.2) is 17.2 Å². The highest BCUT2D eigenvalue weighted by Crippen LogP contribution is 2.24. The van der Waals surface area contributed by atoms with Gasteiger partial charge in [0, 0.05) is 24.2 Å². The average Bonchev–Trinajstić information content (AvgIpc) is 3.14. The lowest BCUT2D eigenvalue weighted by molar-refractivity contribution is 0.0951. The highest BCUT2D eigenvalue weighted by molar-refractivity contribution is 5.97. The highest BCUT2D eigenvalue weighted by atomic mass is 16.5. The number of carbonyl (C=O) groups excluding carboxylic acids is 1. The monoisotopic (exact) mass is 434 g/mol. The van der Waals surface area contributed by atoms with E-state index in [1.54, 1.807) is 28.9 Å². The van der Waals surface area contributed by atoms with Crippen LogP contribution in [0.1, 0.15) is 21.7 Å². The Bertz CT molecular complexity index is 1330. The third-order valence-corrected chi connectivity index (χ3v) is 4.78. The van der Waals surface area contributed by atoms with Gasteiger partial charge in [-0.25, -0.2) is 9.48 Å². The molecule has 0 radical (unpaired) electrons. The first-order valence-corrected chi connectivity index (χ1v) is 9.96. The summed E-state index contributed by atoms with van der Waals surface area (Å²) in [5.41, 5.74) is 1.39. The van der Waals surface area contributed by atoms with Crippen LogP contribution in [0.25, 0.3) is 16.8 Å². The molecule has 1 amide bonds. The van der Waals surface area contributed by atoms with Gasteiger partial charge in [0.1, 0.15) is 11.4 Å². The zero-order valence-electron chi connectivity index (χ0n) is 17.9. The summed E-state index contributed by atoms with van der Waals surface area (Å²) in [6.45, 7) is 4.53. The van der Waals surface area contributed by atoms with Gasteiger partial charge < -0.3 is 19.8 Å². The fourth-order valence-electron chi connectivity index (χ4n) is 3.29. The quantitative estimate of drug-likeness (QED) is 0.335. The number of anilines is 1. The number of fused-ring (bicyclic) bond motifs is 1. The van der Waals surface area contributed by atoms with Crippen LogP contribution in [-0.2, 0) is 0 Å². The van der Waals surface area contributed by atoms with E-state index < -0.39 is 11.5 Å². The minimum atomic E-state index is -0.724. The molecule has 0 bridgehead atoms. The van der Waals surface area contributed by atoms with Crippen LogP contribution in [0, 0.1) is 13.8 Å². The van der Waals surface area contributed by atoms with Crippen molar-refractivity contribution < 1.29 is 13.9 Å². The number of hydrogen-bond donors (Lipinski definition) is 2. The Balaban J connectivity index is 1.35. The van der Waals surface area contributed by atoms with E-state index in [4.69, 9.17) is 9.15 Å².